The number of nitro benzene ring substituents is 1. The van der Waals surface area contributed by atoms with E-state index in [1.165, 1.54) is 28.9 Å². The predicted molar refractivity (Wildman–Crippen MR) is 101 cm³/mol. The second kappa shape index (κ2) is 7.38. The minimum atomic E-state index is -0.727. The van der Waals surface area contributed by atoms with E-state index < -0.39 is 16.3 Å². The summed E-state index contributed by atoms with van der Waals surface area (Å²) in [5.41, 5.74) is -0.218. The summed E-state index contributed by atoms with van der Waals surface area (Å²) in [6.45, 7) is 1.58. The van der Waals surface area contributed by atoms with Crippen molar-refractivity contribution in [3.05, 3.63) is 91.3 Å². The van der Waals surface area contributed by atoms with Gasteiger partial charge in [-0.1, -0.05) is 23.7 Å². The first-order chi connectivity index (χ1) is 12.9. The third kappa shape index (κ3) is 3.85. The van der Waals surface area contributed by atoms with Crippen molar-refractivity contribution in [2.24, 2.45) is 0 Å². The van der Waals surface area contributed by atoms with Gasteiger partial charge in [-0.05, 0) is 37.3 Å². The number of benzene rings is 2. The standard InChI is InChI=1S/C18H13ClN4O4/c1-11-10-16(24)17(18(25)20-13-8-6-12(19)7-9-13)21-22(11)14-4-2-3-5-15(14)23(26)27/h2-10H,1H3,(H,20,25). The van der Waals surface area contributed by atoms with E-state index in [1.54, 1.807) is 37.3 Å². The Bertz CT molecular complexity index is 1090. The summed E-state index contributed by atoms with van der Waals surface area (Å²) < 4.78 is 1.20. The van der Waals surface area contributed by atoms with Crippen molar-refractivity contribution in [3.8, 4) is 5.69 Å². The van der Waals surface area contributed by atoms with Gasteiger partial charge < -0.3 is 5.32 Å². The van der Waals surface area contributed by atoms with Crippen LogP contribution >= 0.6 is 11.6 Å². The van der Waals surface area contributed by atoms with E-state index in [1.807, 2.05) is 0 Å². The lowest BCUT2D eigenvalue weighted by molar-refractivity contribution is -0.384. The molecule has 0 saturated heterocycles. The second-order valence-electron chi connectivity index (χ2n) is 5.62. The highest BCUT2D eigenvalue weighted by Gasteiger charge is 2.20. The number of para-hydroxylation sites is 2. The van der Waals surface area contributed by atoms with Gasteiger partial charge in [0.25, 0.3) is 11.6 Å². The van der Waals surface area contributed by atoms with Gasteiger partial charge in [-0.3, -0.25) is 19.7 Å². The Morgan fingerprint density at radius 3 is 2.52 bits per heavy atom. The Hall–Kier alpha value is -3.52. The number of amides is 1. The van der Waals surface area contributed by atoms with Gasteiger partial charge in [-0.15, -0.1) is 0 Å². The maximum atomic E-state index is 12.5. The van der Waals surface area contributed by atoms with Gasteiger partial charge in [0.1, 0.15) is 5.69 Å². The zero-order valence-corrected chi connectivity index (χ0v) is 14.8. The molecule has 0 atom stereocenters. The van der Waals surface area contributed by atoms with Crippen LogP contribution in [0.4, 0.5) is 11.4 Å². The third-order valence-electron chi connectivity index (χ3n) is 3.73. The molecule has 0 spiro atoms. The Morgan fingerprint density at radius 1 is 1.19 bits per heavy atom. The summed E-state index contributed by atoms with van der Waals surface area (Å²) in [5, 5.41) is 18.4. The van der Waals surface area contributed by atoms with Crippen LogP contribution in [0.3, 0.4) is 0 Å². The topological polar surface area (TPSA) is 107 Å². The van der Waals surface area contributed by atoms with Gasteiger partial charge in [0.05, 0.1) is 4.92 Å². The molecule has 27 heavy (non-hydrogen) atoms. The summed E-state index contributed by atoms with van der Waals surface area (Å²) in [6.07, 6.45) is 0. The highest BCUT2D eigenvalue weighted by molar-refractivity contribution is 6.30. The maximum absolute atomic E-state index is 12.5. The molecular formula is C18H13ClN4O4. The Labute approximate surface area is 158 Å². The Kier molecular flexibility index (Phi) is 5.00. The van der Waals surface area contributed by atoms with Crippen LogP contribution in [0.5, 0.6) is 0 Å². The number of hydrogen-bond donors (Lipinski definition) is 1. The number of aryl methyl sites for hydroxylation is 1. The van der Waals surface area contributed by atoms with E-state index in [-0.39, 0.29) is 17.1 Å². The molecule has 2 aromatic carbocycles. The van der Waals surface area contributed by atoms with Crippen molar-refractivity contribution in [1.29, 1.82) is 0 Å². The number of carbonyl (C=O) groups is 1. The molecule has 0 unspecified atom stereocenters. The molecule has 0 fully saturated rings. The third-order valence-corrected chi connectivity index (χ3v) is 3.98. The summed E-state index contributed by atoms with van der Waals surface area (Å²) in [7, 11) is 0. The van der Waals surface area contributed by atoms with E-state index in [4.69, 9.17) is 11.6 Å². The molecule has 1 heterocycles. The fourth-order valence-electron chi connectivity index (χ4n) is 2.47. The first-order valence-corrected chi connectivity index (χ1v) is 8.16. The van der Waals surface area contributed by atoms with Gasteiger partial charge in [0.2, 0.25) is 5.43 Å². The molecule has 3 aromatic rings. The normalized spacial score (nSPS) is 10.4. The van der Waals surface area contributed by atoms with E-state index >= 15 is 0 Å². The fraction of sp³-hybridized carbons (Fsp3) is 0.0556. The number of nitrogens with one attached hydrogen (secondary N) is 1. The van der Waals surface area contributed by atoms with Crippen molar-refractivity contribution >= 4 is 28.9 Å². The molecule has 3 rings (SSSR count). The molecule has 0 saturated carbocycles. The highest BCUT2D eigenvalue weighted by Crippen LogP contribution is 2.22. The largest absolute Gasteiger partial charge is 0.320 e. The lowest BCUT2D eigenvalue weighted by Gasteiger charge is -2.11. The average Bonchev–Trinajstić information content (AvgIpc) is 2.63. The molecule has 1 amide bonds. The second-order valence-corrected chi connectivity index (χ2v) is 6.05. The number of anilines is 1. The van der Waals surface area contributed by atoms with Crippen LogP contribution in [0.15, 0.2) is 59.4 Å². The maximum Gasteiger partial charge on any atom is 0.294 e. The zero-order valence-electron chi connectivity index (χ0n) is 14.0. The lowest BCUT2D eigenvalue weighted by atomic mass is 10.2. The van der Waals surface area contributed by atoms with Crippen molar-refractivity contribution in [2.45, 2.75) is 6.92 Å². The predicted octanol–water partition coefficient (Wildman–Crippen LogP) is 3.35. The van der Waals surface area contributed by atoms with E-state index in [0.29, 0.717) is 16.4 Å². The first kappa shape index (κ1) is 18.3. The molecular weight excluding hydrogens is 372 g/mol. The summed E-state index contributed by atoms with van der Waals surface area (Å²) >= 11 is 5.80. The van der Waals surface area contributed by atoms with Crippen molar-refractivity contribution in [3.63, 3.8) is 0 Å². The summed E-state index contributed by atoms with van der Waals surface area (Å²) in [6, 6.07) is 13.5. The molecule has 1 N–H and O–H groups in total. The number of aromatic nitrogens is 2. The van der Waals surface area contributed by atoms with Crippen molar-refractivity contribution < 1.29 is 9.72 Å². The van der Waals surface area contributed by atoms with Gasteiger partial charge in [0.15, 0.2) is 5.69 Å². The molecule has 136 valence electrons. The number of halogens is 1. The van der Waals surface area contributed by atoms with Gasteiger partial charge in [-0.2, -0.15) is 5.10 Å². The van der Waals surface area contributed by atoms with Crippen LogP contribution in [0, 0.1) is 17.0 Å². The quantitative estimate of drug-likeness (QED) is 0.548. The smallest absolute Gasteiger partial charge is 0.294 e. The van der Waals surface area contributed by atoms with Crippen molar-refractivity contribution in [2.75, 3.05) is 5.32 Å². The molecule has 1 aromatic heterocycles. The van der Waals surface area contributed by atoms with E-state index in [0.717, 1.165) is 0 Å². The Balaban J connectivity index is 2.05. The van der Waals surface area contributed by atoms with Gasteiger partial charge in [-0.25, -0.2) is 4.68 Å². The monoisotopic (exact) mass is 384 g/mol. The fourth-order valence-corrected chi connectivity index (χ4v) is 2.60. The number of nitro groups is 1. The number of rotatable bonds is 4. The number of hydrogen-bond acceptors (Lipinski definition) is 5. The van der Waals surface area contributed by atoms with Crippen LogP contribution < -0.4 is 10.7 Å². The van der Waals surface area contributed by atoms with Crippen molar-refractivity contribution in [1.82, 2.24) is 9.78 Å². The van der Waals surface area contributed by atoms with E-state index in [2.05, 4.69) is 10.4 Å². The molecule has 0 radical (unpaired) electrons. The number of carbonyl (C=O) groups excluding carboxylic acids is 1. The summed E-state index contributed by atoms with van der Waals surface area (Å²) in [4.78, 5) is 35.4. The minimum Gasteiger partial charge on any atom is -0.320 e. The highest BCUT2D eigenvalue weighted by atomic mass is 35.5. The molecule has 8 nitrogen and oxygen atoms in total. The van der Waals surface area contributed by atoms with Crippen LogP contribution in [0.25, 0.3) is 5.69 Å². The van der Waals surface area contributed by atoms with Crippen LogP contribution in [-0.2, 0) is 0 Å². The summed E-state index contributed by atoms with van der Waals surface area (Å²) in [5.74, 6) is -0.727. The molecule has 0 aliphatic carbocycles. The zero-order chi connectivity index (χ0) is 19.6. The molecule has 0 aliphatic rings. The lowest BCUT2D eigenvalue weighted by Crippen LogP contribution is -2.27. The average molecular weight is 385 g/mol. The molecule has 9 heteroatoms. The van der Waals surface area contributed by atoms with Crippen LogP contribution in [-0.4, -0.2) is 20.6 Å². The van der Waals surface area contributed by atoms with Gasteiger partial charge >= 0.3 is 0 Å². The molecule has 0 aliphatic heterocycles. The SMILES string of the molecule is Cc1cc(=O)c(C(=O)Nc2ccc(Cl)cc2)nn1-c1ccccc1[N+](=O)[O-]. The van der Waals surface area contributed by atoms with Gasteiger partial charge in [0, 0.05) is 28.5 Å². The molecule has 0 bridgehead atoms. The number of nitrogens with zero attached hydrogens (tertiary/aromatic N) is 3. The van der Waals surface area contributed by atoms with Crippen LogP contribution in [0.2, 0.25) is 5.02 Å². The first-order valence-electron chi connectivity index (χ1n) is 7.78. The van der Waals surface area contributed by atoms with Crippen LogP contribution in [0.1, 0.15) is 16.2 Å². The Morgan fingerprint density at radius 2 is 1.85 bits per heavy atom. The van der Waals surface area contributed by atoms with E-state index in [9.17, 15) is 19.7 Å². The minimum absolute atomic E-state index is 0.153.